The van der Waals surface area contributed by atoms with Crippen LogP contribution < -0.4 is 0 Å². The van der Waals surface area contributed by atoms with Crippen LogP contribution in [0.25, 0.3) is 0 Å². The molecule has 0 spiro atoms. The van der Waals surface area contributed by atoms with Crippen molar-refractivity contribution in [1.82, 2.24) is 0 Å². The van der Waals surface area contributed by atoms with Gasteiger partial charge in [0.25, 0.3) is 0 Å². The molecule has 0 aliphatic rings. The van der Waals surface area contributed by atoms with E-state index in [2.05, 4.69) is 25.2 Å². The van der Waals surface area contributed by atoms with Crippen molar-refractivity contribution in [3.8, 4) is 0 Å². The van der Waals surface area contributed by atoms with Gasteiger partial charge in [-0.3, -0.25) is 0 Å². The maximum absolute atomic E-state index is 11.6. The van der Waals surface area contributed by atoms with Gasteiger partial charge in [0.15, 0.2) is 0 Å². The third-order valence-electron chi connectivity index (χ3n) is 3.16. The Kier molecular flexibility index (Phi) is 8.84. The van der Waals surface area contributed by atoms with Crippen molar-refractivity contribution in [1.29, 1.82) is 0 Å². The van der Waals surface area contributed by atoms with Crippen molar-refractivity contribution in [3.05, 3.63) is 23.8 Å². The van der Waals surface area contributed by atoms with Crippen LogP contribution >= 0.6 is 0 Å². The SMILES string of the molecule is C=C(C)C(=O)OC(=O)C(C)=CCC(CC)CCCC. The topological polar surface area (TPSA) is 43.4 Å². The average molecular weight is 266 g/mol. The van der Waals surface area contributed by atoms with Gasteiger partial charge < -0.3 is 4.74 Å². The van der Waals surface area contributed by atoms with E-state index in [9.17, 15) is 9.59 Å². The second kappa shape index (κ2) is 9.54. The molecular formula is C16H26O3. The molecule has 0 fully saturated rings. The summed E-state index contributed by atoms with van der Waals surface area (Å²) in [6.45, 7) is 11.0. The van der Waals surface area contributed by atoms with Crippen molar-refractivity contribution in [2.24, 2.45) is 5.92 Å². The lowest BCUT2D eigenvalue weighted by Gasteiger charge is -2.12. The molecule has 0 aromatic rings. The normalized spacial score (nSPS) is 12.9. The van der Waals surface area contributed by atoms with Gasteiger partial charge in [-0.05, 0) is 26.2 Å². The number of rotatable bonds is 8. The predicted octanol–water partition coefficient (Wildman–Crippen LogP) is 4.19. The number of carbonyl (C=O) groups is 2. The monoisotopic (exact) mass is 266 g/mol. The van der Waals surface area contributed by atoms with E-state index in [0.717, 1.165) is 12.8 Å². The van der Waals surface area contributed by atoms with Crippen molar-refractivity contribution in [3.63, 3.8) is 0 Å². The van der Waals surface area contributed by atoms with E-state index in [-0.39, 0.29) is 5.57 Å². The minimum absolute atomic E-state index is 0.232. The molecule has 3 nitrogen and oxygen atoms in total. The summed E-state index contributed by atoms with van der Waals surface area (Å²) in [5.41, 5.74) is 0.722. The third-order valence-corrected chi connectivity index (χ3v) is 3.16. The molecule has 0 saturated carbocycles. The van der Waals surface area contributed by atoms with Gasteiger partial charge in [0.2, 0.25) is 0 Å². The van der Waals surface area contributed by atoms with Gasteiger partial charge in [0.1, 0.15) is 0 Å². The van der Waals surface area contributed by atoms with E-state index in [4.69, 9.17) is 0 Å². The molecule has 0 aromatic heterocycles. The molecule has 0 rings (SSSR count). The molecule has 1 unspecified atom stereocenters. The largest absolute Gasteiger partial charge is 0.386 e. The summed E-state index contributed by atoms with van der Waals surface area (Å²) in [4.78, 5) is 22.8. The van der Waals surface area contributed by atoms with Crippen molar-refractivity contribution < 1.29 is 14.3 Å². The first-order chi connectivity index (χ1) is 8.92. The van der Waals surface area contributed by atoms with Gasteiger partial charge in [-0.2, -0.15) is 0 Å². The Hall–Kier alpha value is -1.38. The molecule has 1 atom stereocenters. The summed E-state index contributed by atoms with van der Waals surface area (Å²) in [6, 6.07) is 0. The first-order valence-electron chi connectivity index (χ1n) is 7.01. The average Bonchev–Trinajstić information content (AvgIpc) is 2.38. The van der Waals surface area contributed by atoms with Gasteiger partial charge in [-0.15, -0.1) is 0 Å². The molecule has 3 heteroatoms. The molecule has 0 N–H and O–H groups in total. The molecule has 0 aliphatic carbocycles. The number of unbranched alkanes of at least 4 members (excludes halogenated alkanes) is 1. The lowest BCUT2D eigenvalue weighted by atomic mass is 9.95. The number of ether oxygens (including phenoxy) is 1. The molecule has 19 heavy (non-hydrogen) atoms. The zero-order valence-electron chi connectivity index (χ0n) is 12.6. The van der Waals surface area contributed by atoms with Crippen molar-refractivity contribution >= 4 is 11.9 Å². The maximum atomic E-state index is 11.6. The van der Waals surface area contributed by atoms with Gasteiger partial charge in [0, 0.05) is 11.1 Å². The molecule has 0 aliphatic heterocycles. The number of hydrogen-bond acceptors (Lipinski definition) is 3. The Balaban J connectivity index is 4.34. The number of hydrogen-bond donors (Lipinski definition) is 0. The Morgan fingerprint density at radius 1 is 1.21 bits per heavy atom. The number of allylic oxidation sites excluding steroid dienone is 1. The molecular weight excluding hydrogens is 240 g/mol. The molecule has 0 radical (unpaired) electrons. The van der Waals surface area contributed by atoms with Crippen LogP contribution in [-0.4, -0.2) is 11.9 Å². The minimum Gasteiger partial charge on any atom is -0.386 e. The molecule has 0 saturated heterocycles. The molecule has 0 amide bonds. The zero-order valence-corrected chi connectivity index (χ0v) is 12.6. The highest BCUT2D eigenvalue weighted by molar-refractivity contribution is 6.00. The van der Waals surface area contributed by atoms with Crippen LogP contribution in [0.15, 0.2) is 23.8 Å². The Bertz CT molecular complexity index is 353. The van der Waals surface area contributed by atoms with Gasteiger partial charge in [0.05, 0.1) is 0 Å². The highest BCUT2D eigenvalue weighted by atomic mass is 16.6. The standard InChI is InChI=1S/C16H26O3/c1-6-8-9-14(7-2)11-10-13(5)16(18)19-15(17)12(3)4/h10,14H,3,6-9,11H2,1-2,4-5H3. The van der Waals surface area contributed by atoms with Crippen LogP contribution in [0.4, 0.5) is 0 Å². The minimum atomic E-state index is -0.657. The predicted molar refractivity (Wildman–Crippen MR) is 77.6 cm³/mol. The molecule has 0 heterocycles. The Morgan fingerprint density at radius 2 is 1.84 bits per heavy atom. The van der Waals surface area contributed by atoms with Crippen LogP contribution in [0.1, 0.15) is 59.8 Å². The molecule has 108 valence electrons. The third kappa shape index (κ3) is 7.60. The first-order valence-corrected chi connectivity index (χ1v) is 7.01. The van der Waals surface area contributed by atoms with Gasteiger partial charge in [-0.1, -0.05) is 52.2 Å². The van der Waals surface area contributed by atoms with E-state index in [1.165, 1.54) is 26.2 Å². The summed E-state index contributed by atoms with van der Waals surface area (Å²) in [7, 11) is 0. The van der Waals surface area contributed by atoms with Crippen LogP contribution in [-0.2, 0) is 14.3 Å². The van der Waals surface area contributed by atoms with Crippen molar-refractivity contribution in [2.45, 2.75) is 59.8 Å². The van der Waals surface area contributed by atoms with Gasteiger partial charge in [-0.25, -0.2) is 9.59 Å². The smallest absolute Gasteiger partial charge is 0.341 e. The first kappa shape index (κ1) is 17.6. The summed E-state index contributed by atoms with van der Waals surface area (Å²) in [5.74, 6) is -0.631. The Labute approximate surface area is 116 Å². The fourth-order valence-corrected chi connectivity index (χ4v) is 1.66. The van der Waals surface area contributed by atoms with E-state index in [1.807, 2.05) is 6.08 Å². The van der Waals surface area contributed by atoms with Crippen LogP contribution in [0, 0.1) is 5.92 Å². The molecule has 0 bridgehead atoms. The van der Waals surface area contributed by atoms with E-state index in [0.29, 0.717) is 11.5 Å². The summed E-state index contributed by atoms with van der Waals surface area (Å²) in [5, 5.41) is 0. The summed E-state index contributed by atoms with van der Waals surface area (Å²) < 4.78 is 4.67. The summed E-state index contributed by atoms with van der Waals surface area (Å²) in [6.07, 6.45) is 7.41. The van der Waals surface area contributed by atoms with E-state index >= 15 is 0 Å². The van der Waals surface area contributed by atoms with E-state index < -0.39 is 11.9 Å². The molecule has 0 aromatic carbocycles. The fourth-order valence-electron chi connectivity index (χ4n) is 1.66. The second-order valence-electron chi connectivity index (χ2n) is 5.00. The van der Waals surface area contributed by atoms with Gasteiger partial charge >= 0.3 is 11.9 Å². The summed E-state index contributed by atoms with van der Waals surface area (Å²) >= 11 is 0. The lowest BCUT2D eigenvalue weighted by Crippen LogP contribution is -2.13. The number of esters is 2. The lowest BCUT2D eigenvalue weighted by molar-refractivity contribution is -0.153. The van der Waals surface area contributed by atoms with Crippen LogP contribution in [0.2, 0.25) is 0 Å². The van der Waals surface area contributed by atoms with E-state index in [1.54, 1.807) is 6.92 Å². The fraction of sp³-hybridized carbons (Fsp3) is 0.625. The second-order valence-corrected chi connectivity index (χ2v) is 5.00. The van der Waals surface area contributed by atoms with Crippen molar-refractivity contribution in [2.75, 3.05) is 0 Å². The quantitative estimate of drug-likeness (QED) is 0.376. The Morgan fingerprint density at radius 3 is 2.32 bits per heavy atom. The maximum Gasteiger partial charge on any atom is 0.341 e. The number of carbonyl (C=O) groups excluding carboxylic acids is 2. The highest BCUT2D eigenvalue weighted by Crippen LogP contribution is 2.18. The van der Waals surface area contributed by atoms with Crippen LogP contribution in [0.5, 0.6) is 0 Å². The van der Waals surface area contributed by atoms with Crippen LogP contribution in [0.3, 0.4) is 0 Å². The zero-order chi connectivity index (χ0) is 14.8. The highest BCUT2D eigenvalue weighted by Gasteiger charge is 2.13.